The van der Waals surface area contributed by atoms with Crippen molar-refractivity contribution in [2.45, 2.75) is 26.3 Å². The fraction of sp³-hybridized carbons (Fsp3) is 0.444. The number of amides is 3. The number of urea groups is 1. The number of primary amides is 1. The molecule has 1 aliphatic rings. The number of hydrogen-bond donors (Lipinski definition) is 1. The SMILES string of the molecule is CCn1cc(CC(=O)N2CCCN(C(N)=O)CC2)c2ccccc21. The number of aromatic nitrogens is 1. The smallest absolute Gasteiger partial charge is 0.314 e. The van der Waals surface area contributed by atoms with E-state index in [9.17, 15) is 9.59 Å². The summed E-state index contributed by atoms with van der Waals surface area (Å²) in [5.74, 6) is 0.111. The second-order valence-electron chi connectivity index (χ2n) is 6.19. The van der Waals surface area contributed by atoms with E-state index < -0.39 is 6.03 Å². The molecule has 0 saturated carbocycles. The Morgan fingerprint density at radius 2 is 1.79 bits per heavy atom. The summed E-state index contributed by atoms with van der Waals surface area (Å²) >= 11 is 0. The highest BCUT2D eigenvalue weighted by Crippen LogP contribution is 2.22. The van der Waals surface area contributed by atoms with Gasteiger partial charge in [-0.25, -0.2) is 4.79 Å². The molecule has 1 aliphatic heterocycles. The number of para-hydroxylation sites is 1. The topological polar surface area (TPSA) is 71.6 Å². The number of aryl methyl sites for hydroxylation is 1. The number of nitrogens with zero attached hydrogens (tertiary/aromatic N) is 3. The van der Waals surface area contributed by atoms with Gasteiger partial charge in [-0.05, 0) is 25.0 Å². The average Bonchev–Trinajstić information content (AvgIpc) is 2.76. The molecule has 0 spiro atoms. The van der Waals surface area contributed by atoms with Gasteiger partial charge in [0.15, 0.2) is 0 Å². The molecule has 3 amide bonds. The standard InChI is InChI=1S/C18H24N4O2/c1-2-20-13-14(15-6-3-4-7-16(15)20)12-17(23)21-8-5-9-22(11-10-21)18(19)24/h3-4,6-7,13H,2,5,8-12H2,1H3,(H2,19,24). The van der Waals surface area contributed by atoms with Gasteiger partial charge in [0.25, 0.3) is 0 Å². The Kier molecular flexibility index (Phi) is 4.74. The average molecular weight is 328 g/mol. The molecular weight excluding hydrogens is 304 g/mol. The van der Waals surface area contributed by atoms with Crippen molar-refractivity contribution < 1.29 is 9.59 Å². The Morgan fingerprint density at radius 1 is 1.08 bits per heavy atom. The van der Waals surface area contributed by atoms with Gasteiger partial charge < -0.3 is 20.1 Å². The molecule has 1 fully saturated rings. The summed E-state index contributed by atoms with van der Waals surface area (Å²) in [5, 5.41) is 1.14. The number of nitrogens with two attached hydrogens (primary N) is 1. The number of carbonyl (C=O) groups is 2. The van der Waals surface area contributed by atoms with Crippen molar-refractivity contribution in [2.75, 3.05) is 26.2 Å². The van der Waals surface area contributed by atoms with E-state index in [2.05, 4.69) is 29.8 Å². The highest BCUT2D eigenvalue weighted by atomic mass is 16.2. The van der Waals surface area contributed by atoms with E-state index in [-0.39, 0.29) is 5.91 Å². The minimum Gasteiger partial charge on any atom is -0.351 e. The summed E-state index contributed by atoms with van der Waals surface area (Å²) in [6, 6.07) is 7.78. The normalized spacial score (nSPS) is 15.5. The molecule has 1 saturated heterocycles. The van der Waals surface area contributed by atoms with Crippen molar-refractivity contribution in [3.63, 3.8) is 0 Å². The van der Waals surface area contributed by atoms with Crippen molar-refractivity contribution in [3.8, 4) is 0 Å². The Balaban J connectivity index is 1.74. The molecule has 0 unspecified atom stereocenters. The molecule has 0 radical (unpaired) electrons. The Labute approximate surface area is 141 Å². The third-order valence-corrected chi connectivity index (χ3v) is 4.71. The van der Waals surface area contributed by atoms with E-state index in [0.717, 1.165) is 23.9 Å². The monoisotopic (exact) mass is 328 g/mol. The zero-order chi connectivity index (χ0) is 17.1. The van der Waals surface area contributed by atoms with Crippen LogP contribution in [0, 0.1) is 0 Å². The quantitative estimate of drug-likeness (QED) is 0.933. The van der Waals surface area contributed by atoms with Gasteiger partial charge in [0, 0.05) is 49.8 Å². The lowest BCUT2D eigenvalue weighted by molar-refractivity contribution is -0.130. The number of fused-ring (bicyclic) bond motifs is 1. The van der Waals surface area contributed by atoms with Gasteiger partial charge in [-0.3, -0.25) is 4.79 Å². The number of carbonyl (C=O) groups excluding carboxylic acids is 2. The van der Waals surface area contributed by atoms with E-state index in [0.29, 0.717) is 32.6 Å². The van der Waals surface area contributed by atoms with Gasteiger partial charge in [0.1, 0.15) is 0 Å². The predicted octanol–water partition coefficient (Wildman–Crippen LogP) is 1.82. The first-order valence-corrected chi connectivity index (χ1v) is 8.49. The molecule has 128 valence electrons. The second kappa shape index (κ2) is 6.95. The van der Waals surface area contributed by atoms with Crippen LogP contribution in [0.3, 0.4) is 0 Å². The van der Waals surface area contributed by atoms with Gasteiger partial charge in [-0.2, -0.15) is 0 Å². The lowest BCUT2D eigenvalue weighted by Crippen LogP contribution is -2.40. The first-order chi connectivity index (χ1) is 11.6. The van der Waals surface area contributed by atoms with Crippen LogP contribution in [0.2, 0.25) is 0 Å². The van der Waals surface area contributed by atoms with Crippen molar-refractivity contribution >= 4 is 22.8 Å². The minimum absolute atomic E-state index is 0.111. The molecule has 24 heavy (non-hydrogen) atoms. The summed E-state index contributed by atoms with van der Waals surface area (Å²) in [4.78, 5) is 27.5. The lowest BCUT2D eigenvalue weighted by Gasteiger charge is -2.21. The molecule has 6 heteroatoms. The summed E-state index contributed by atoms with van der Waals surface area (Å²) in [6.07, 6.45) is 3.24. The molecule has 0 bridgehead atoms. The van der Waals surface area contributed by atoms with E-state index in [1.54, 1.807) is 4.90 Å². The number of rotatable bonds is 3. The van der Waals surface area contributed by atoms with E-state index >= 15 is 0 Å². The van der Waals surface area contributed by atoms with Crippen LogP contribution in [0.5, 0.6) is 0 Å². The summed E-state index contributed by atoms with van der Waals surface area (Å²) in [7, 11) is 0. The number of benzene rings is 1. The van der Waals surface area contributed by atoms with Crippen molar-refractivity contribution in [2.24, 2.45) is 5.73 Å². The highest BCUT2D eigenvalue weighted by Gasteiger charge is 2.21. The van der Waals surface area contributed by atoms with Gasteiger partial charge in [0.05, 0.1) is 6.42 Å². The van der Waals surface area contributed by atoms with Gasteiger partial charge in [-0.15, -0.1) is 0 Å². The van der Waals surface area contributed by atoms with Crippen molar-refractivity contribution in [3.05, 3.63) is 36.0 Å². The van der Waals surface area contributed by atoms with Crippen molar-refractivity contribution in [1.29, 1.82) is 0 Å². The van der Waals surface area contributed by atoms with Crippen LogP contribution in [0.4, 0.5) is 4.79 Å². The van der Waals surface area contributed by atoms with Crippen LogP contribution in [0.1, 0.15) is 18.9 Å². The Bertz CT molecular complexity index is 753. The van der Waals surface area contributed by atoms with Crippen molar-refractivity contribution in [1.82, 2.24) is 14.4 Å². The molecule has 2 heterocycles. The highest BCUT2D eigenvalue weighted by molar-refractivity contribution is 5.89. The minimum atomic E-state index is -0.407. The van der Waals surface area contributed by atoms with Crippen LogP contribution in [0.25, 0.3) is 10.9 Å². The molecule has 2 aromatic rings. The van der Waals surface area contributed by atoms with Crippen LogP contribution in [0.15, 0.2) is 30.5 Å². The maximum absolute atomic E-state index is 12.7. The second-order valence-corrected chi connectivity index (χ2v) is 6.19. The molecule has 1 aromatic heterocycles. The van der Waals surface area contributed by atoms with Gasteiger partial charge >= 0.3 is 6.03 Å². The van der Waals surface area contributed by atoms with Crippen LogP contribution >= 0.6 is 0 Å². The van der Waals surface area contributed by atoms with E-state index in [1.807, 2.05) is 17.0 Å². The predicted molar refractivity (Wildman–Crippen MR) is 93.7 cm³/mol. The van der Waals surface area contributed by atoms with Crippen LogP contribution in [-0.2, 0) is 17.8 Å². The fourth-order valence-corrected chi connectivity index (χ4v) is 3.39. The van der Waals surface area contributed by atoms with Gasteiger partial charge in [0.2, 0.25) is 5.91 Å². The summed E-state index contributed by atoms with van der Waals surface area (Å²) < 4.78 is 2.18. The third kappa shape index (κ3) is 3.22. The molecular formula is C18H24N4O2. The number of hydrogen-bond acceptors (Lipinski definition) is 2. The molecule has 0 atom stereocenters. The maximum Gasteiger partial charge on any atom is 0.314 e. The maximum atomic E-state index is 12.7. The summed E-state index contributed by atoms with van der Waals surface area (Å²) in [6.45, 7) is 5.34. The van der Waals surface area contributed by atoms with Crippen LogP contribution in [-0.4, -0.2) is 52.5 Å². The van der Waals surface area contributed by atoms with Gasteiger partial charge in [-0.1, -0.05) is 18.2 Å². The molecule has 2 N–H and O–H groups in total. The Hall–Kier alpha value is -2.50. The molecule has 0 aliphatic carbocycles. The Morgan fingerprint density at radius 3 is 2.54 bits per heavy atom. The third-order valence-electron chi connectivity index (χ3n) is 4.71. The zero-order valence-electron chi connectivity index (χ0n) is 14.1. The van der Waals surface area contributed by atoms with E-state index in [1.165, 1.54) is 5.52 Å². The lowest BCUT2D eigenvalue weighted by atomic mass is 10.1. The largest absolute Gasteiger partial charge is 0.351 e. The fourth-order valence-electron chi connectivity index (χ4n) is 3.39. The van der Waals surface area contributed by atoms with Crippen LogP contribution < -0.4 is 5.73 Å². The summed E-state index contributed by atoms with van der Waals surface area (Å²) in [5.41, 5.74) is 7.57. The first kappa shape index (κ1) is 16.4. The first-order valence-electron chi connectivity index (χ1n) is 8.49. The molecule has 6 nitrogen and oxygen atoms in total. The van der Waals surface area contributed by atoms with E-state index in [4.69, 9.17) is 5.73 Å². The molecule has 3 rings (SSSR count). The molecule has 1 aromatic carbocycles. The zero-order valence-corrected chi connectivity index (χ0v) is 14.1.